The average Bonchev–Trinajstić information content (AvgIpc) is 3.90. The Morgan fingerprint density at radius 3 is 2.41 bits per heavy atom. The van der Waals surface area contributed by atoms with Crippen LogP contribution in [0.4, 0.5) is 24.7 Å². The molecule has 1 aromatic heterocycles. The van der Waals surface area contributed by atoms with Gasteiger partial charge >= 0.3 is 12.1 Å². The summed E-state index contributed by atoms with van der Waals surface area (Å²) >= 11 is 0. The van der Waals surface area contributed by atoms with Gasteiger partial charge in [-0.05, 0) is 87.0 Å². The lowest BCUT2D eigenvalue weighted by molar-refractivity contribution is -0.213. The fourth-order valence-electron chi connectivity index (χ4n) is 5.16. The molecule has 1 unspecified atom stereocenters. The fourth-order valence-corrected chi connectivity index (χ4v) is 7.05. The summed E-state index contributed by atoms with van der Waals surface area (Å²) in [5.74, 6) is -3.45. The minimum Gasteiger partial charge on any atom is -0.490 e. The number of amides is 1. The number of fused-ring (bicyclic) bond motifs is 1. The number of aromatic nitrogens is 1. The van der Waals surface area contributed by atoms with E-state index in [1.165, 1.54) is 60.8 Å². The molecular weight excluding hydrogens is 665 g/mol. The minimum atomic E-state index is -5.51. The standard InChI is InChI=1S/C34H35F3N4O7S/c1-4-46-28-17-24(10-14-27(28)47-20(2)3)33(48-32(43)34(35,36)37,41-25-11-9-21-18-39-30(38)16-23(21)15-25)31(42)40-19-22-7-5-6-8-29(22)49(44,45)26-12-13-26/h5-11,14-18,20,26,41H,4,12-13,19H2,1-3H3,(H2,38,39)(H,40,42). The Bertz CT molecular complexity index is 1980. The number of halogens is 3. The summed E-state index contributed by atoms with van der Waals surface area (Å²) in [4.78, 5) is 31.1. The normalized spacial score (nSPS) is 14.6. The molecule has 49 heavy (non-hydrogen) atoms. The third-order valence-electron chi connectivity index (χ3n) is 7.55. The van der Waals surface area contributed by atoms with E-state index in [2.05, 4.69) is 15.6 Å². The zero-order valence-corrected chi connectivity index (χ0v) is 27.7. The van der Waals surface area contributed by atoms with Crippen molar-refractivity contribution in [2.75, 3.05) is 17.7 Å². The van der Waals surface area contributed by atoms with Gasteiger partial charge in [-0.2, -0.15) is 13.2 Å². The topological polar surface area (TPSA) is 159 Å². The molecule has 4 aromatic rings. The van der Waals surface area contributed by atoms with E-state index in [-0.39, 0.29) is 51.7 Å². The minimum absolute atomic E-state index is 0.0156. The second-order valence-corrected chi connectivity index (χ2v) is 13.9. The highest BCUT2D eigenvalue weighted by molar-refractivity contribution is 7.92. The SMILES string of the molecule is CCOc1cc(C(Nc2ccc3cnc(N)cc3c2)(OC(=O)C(F)(F)F)C(=O)NCc2ccccc2S(=O)(=O)C2CC2)ccc1OC(C)C. The molecule has 0 bridgehead atoms. The molecule has 1 amide bonds. The lowest BCUT2D eigenvalue weighted by atomic mass is 9.99. The van der Waals surface area contributed by atoms with Gasteiger partial charge in [0.15, 0.2) is 21.3 Å². The number of nitrogens with one attached hydrogen (secondary N) is 2. The van der Waals surface area contributed by atoms with Crippen molar-refractivity contribution in [1.29, 1.82) is 0 Å². The van der Waals surface area contributed by atoms with Crippen LogP contribution >= 0.6 is 0 Å². The van der Waals surface area contributed by atoms with Crippen LogP contribution in [-0.4, -0.2) is 49.4 Å². The van der Waals surface area contributed by atoms with Crippen molar-refractivity contribution in [3.05, 3.63) is 84.1 Å². The Morgan fingerprint density at radius 1 is 1.00 bits per heavy atom. The van der Waals surface area contributed by atoms with Gasteiger partial charge in [0.25, 0.3) is 11.6 Å². The van der Waals surface area contributed by atoms with Crippen LogP contribution in [0.5, 0.6) is 11.5 Å². The number of carbonyl (C=O) groups excluding carboxylic acids is 2. The van der Waals surface area contributed by atoms with Gasteiger partial charge in [-0.1, -0.05) is 24.3 Å². The molecule has 0 saturated heterocycles. The smallest absolute Gasteiger partial charge is 0.490 e. The highest BCUT2D eigenvalue weighted by atomic mass is 32.2. The van der Waals surface area contributed by atoms with Gasteiger partial charge in [-0.15, -0.1) is 0 Å². The lowest BCUT2D eigenvalue weighted by Gasteiger charge is -2.35. The summed E-state index contributed by atoms with van der Waals surface area (Å²) < 4.78 is 84.7. The first-order valence-corrected chi connectivity index (χ1v) is 17.0. The molecule has 11 nitrogen and oxygen atoms in total. The third-order valence-corrected chi connectivity index (χ3v) is 9.92. The third kappa shape index (κ3) is 7.82. The van der Waals surface area contributed by atoms with Crippen LogP contribution in [0.3, 0.4) is 0 Å². The molecule has 260 valence electrons. The highest BCUT2D eigenvalue weighted by Crippen LogP contribution is 2.39. The molecule has 1 aliphatic rings. The van der Waals surface area contributed by atoms with E-state index in [4.69, 9.17) is 19.9 Å². The highest BCUT2D eigenvalue weighted by Gasteiger charge is 2.52. The van der Waals surface area contributed by atoms with Crippen LogP contribution in [-0.2, 0) is 36.4 Å². The molecule has 1 atom stereocenters. The maximum absolute atomic E-state index is 14.4. The first-order chi connectivity index (χ1) is 23.1. The number of benzene rings is 3. The molecule has 1 fully saturated rings. The number of hydrogen-bond donors (Lipinski definition) is 3. The summed E-state index contributed by atoms with van der Waals surface area (Å²) in [6, 6.07) is 16.0. The molecule has 0 aliphatic heterocycles. The first-order valence-electron chi connectivity index (χ1n) is 15.4. The van der Waals surface area contributed by atoms with E-state index >= 15 is 0 Å². The first kappa shape index (κ1) is 35.3. The number of sulfone groups is 1. The molecule has 1 heterocycles. The average molecular weight is 701 g/mol. The summed E-state index contributed by atoms with van der Waals surface area (Å²) in [6.45, 7) is 4.89. The largest absolute Gasteiger partial charge is 0.491 e. The molecule has 0 spiro atoms. The van der Waals surface area contributed by atoms with E-state index in [0.29, 0.717) is 23.6 Å². The second kappa shape index (κ2) is 13.8. The zero-order valence-electron chi connectivity index (χ0n) is 26.8. The number of carbonyl (C=O) groups is 2. The van der Waals surface area contributed by atoms with Crippen LogP contribution in [0.1, 0.15) is 44.7 Å². The van der Waals surface area contributed by atoms with Crippen molar-refractivity contribution in [1.82, 2.24) is 10.3 Å². The number of rotatable bonds is 13. The van der Waals surface area contributed by atoms with Crippen molar-refractivity contribution < 1.29 is 45.4 Å². The zero-order chi connectivity index (χ0) is 35.6. The quantitative estimate of drug-likeness (QED) is 0.118. The van der Waals surface area contributed by atoms with Gasteiger partial charge in [-0.25, -0.2) is 18.2 Å². The molecule has 15 heteroatoms. The van der Waals surface area contributed by atoms with E-state index in [0.717, 1.165) is 0 Å². The summed E-state index contributed by atoms with van der Waals surface area (Å²) in [5.41, 5.74) is 2.98. The fraction of sp³-hybridized carbons (Fsp3) is 0.324. The van der Waals surface area contributed by atoms with Gasteiger partial charge in [-0.3, -0.25) is 4.79 Å². The number of nitrogens with zero attached hydrogens (tertiary/aromatic N) is 1. The van der Waals surface area contributed by atoms with Crippen molar-refractivity contribution in [2.24, 2.45) is 0 Å². The summed E-state index contributed by atoms with van der Waals surface area (Å²) in [5, 5.41) is 5.84. The number of hydrogen-bond acceptors (Lipinski definition) is 10. The predicted molar refractivity (Wildman–Crippen MR) is 175 cm³/mol. The summed E-state index contributed by atoms with van der Waals surface area (Å²) in [7, 11) is -3.72. The van der Waals surface area contributed by atoms with Gasteiger partial charge in [0.05, 0.1) is 22.9 Å². The van der Waals surface area contributed by atoms with Crippen LogP contribution in [0.25, 0.3) is 10.8 Å². The molecule has 1 saturated carbocycles. The van der Waals surface area contributed by atoms with Gasteiger partial charge < -0.3 is 30.6 Å². The Kier molecular flexibility index (Phi) is 9.95. The van der Waals surface area contributed by atoms with Crippen molar-refractivity contribution in [2.45, 2.75) is 68.3 Å². The molecule has 4 N–H and O–H groups in total. The molecular formula is C34H35F3N4O7S. The Balaban J connectivity index is 1.66. The van der Waals surface area contributed by atoms with Crippen LogP contribution < -0.4 is 25.8 Å². The number of nitrogen functional groups attached to an aromatic ring is 1. The van der Waals surface area contributed by atoms with Crippen molar-refractivity contribution in [3.63, 3.8) is 0 Å². The molecule has 3 aromatic carbocycles. The van der Waals surface area contributed by atoms with E-state index in [9.17, 15) is 31.2 Å². The van der Waals surface area contributed by atoms with Crippen LogP contribution in [0, 0.1) is 0 Å². The van der Waals surface area contributed by atoms with E-state index in [1.807, 2.05) is 0 Å². The lowest BCUT2D eigenvalue weighted by Crippen LogP contribution is -2.54. The Morgan fingerprint density at radius 2 is 1.73 bits per heavy atom. The Hall–Kier alpha value is -5.05. The number of ether oxygens (including phenoxy) is 3. The predicted octanol–water partition coefficient (Wildman–Crippen LogP) is 5.63. The van der Waals surface area contributed by atoms with Crippen LogP contribution in [0.2, 0.25) is 0 Å². The van der Waals surface area contributed by atoms with E-state index < -0.39 is 45.4 Å². The number of nitrogens with two attached hydrogens (primary N) is 1. The van der Waals surface area contributed by atoms with Gasteiger partial charge in [0.1, 0.15) is 5.82 Å². The number of esters is 1. The van der Waals surface area contributed by atoms with Crippen molar-refractivity contribution >= 4 is 44.0 Å². The van der Waals surface area contributed by atoms with Crippen LogP contribution in [0.15, 0.2) is 77.8 Å². The maximum atomic E-state index is 14.4. The van der Waals surface area contributed by atoms with E-state index in [1.54, 1.807) is 32.9 Å². The molecule has 1 aliphatic carbocycles. The van der Waals surface area contributed by atoms with Gasteiger partial charge in [0, 0.05) is 29.4 Å². The maximum Gasteiger partial charge on any atom is 0.491 e. The molecule has 0 radical (unpaired) electrons. The number of alkyl halides is 3. The van der Waals surface area contributed by atoms with Gasteiger partial charge in [0.2, 0.25) is 0 Å². The monoisotopic (exact) mass is 700 g/mol. The summed E-state index contributed by atoms with van der Waals surface area (Å²) in [6.07, 6.45) is -3.34. The number of anilines is 2. The molecule has 5 rings (SSSR count). The van der Waals surface area contributed by atoms with Crippen molar-refractivity contribution in [3.8, 4) is 11.5 Å². The number of pyridine rings is 1. The second-order valence-electron chi connectivity index (χ2n) is 11.7. The Labute approximate surface area is 280 Å².